The predicted molar refractivity (Wildman–Crippen MR) is 78.4 cm³/mol. The number of hydrogen-bond acceptors (Lipinski definition) is 3. The molecule has 0 saturated heterocycles. The van der Waals surface area contributed by atoms with Gasteiger partial charge in [-0.05, 0) is 46.3 Å². The first-order chi connectivity index (χ1) is 8.90. The van der Waals surface area contributed by atoms with Crippen molar-refractivity contribution in [2.75, 3.05) is 0 Å². The molecule has 7 heteroatoms. The van der Waals surface area contributed by atoms with Crippen molar-refractivity contribution in [3.63, 3.8) is 0 Å². The maximum atomic E-state index is 12.1. The minimum Gasteiger partial charge on any atom is -0.377 e. The lowest BCUT2D eigenvalue weighted by molar-refractivity contribution is 0.485. The molecule has 0 amide bonds. The Morgan fingerprint density at radius 2 is 1.74 bits per heavy atom. The minimum absolute atomic E-state index is 0.0287. The topological polar surface area (TPSA) is 43.4 Å². The molecule has 0 aliphatic heterocycles. The molecule has 0 aromatic heterocycles. The maximum absolute atomic E-state index is 12.1. The summed E-state index contributed by atoms with van der Waals surface area (Å²) in [6, 6.07) is 10.7. The lowest BCUT2D eigenvalue weighted by Crippen LogP contribution is -2.10. The largest absolute Gasteiger partial charge is 0.377 e. The fourth-order valence-electron chi connectivity index (χ4n) is 1.35. The van der Waals surface area contributed by atoms with Crippen molar-refractivity contribution in [1.29, 1.82) is 0 Å². The lowest BCUT2D eigenvalue weighted by Gasteiger charge is -2.09. The molecule has 0 heterocycles. The molecule has 2 rings (SSSR count). The van der Waals surface area contributed by atoms with Crippen LogP contribution in [0.1, 0.15) is 0 Å². The van der Waals surface area contributed by atoms with E-state index in [1.807, 2.05) is 0 Å². The summed E-state index contributed by atoms with van der Waals surface area (Å²) in [7, 11) is -3.95. The Hall–Kier alpha value is -0.750. The number of benzene rings is 2. The van der Waals surface area contributed by atoms with Crippen LogP contribution in [0.4, 0.5) is 0 Å². The van der Waals surface area contributed by atoms with Gasteiger partial charge >= 0.3 is 10.1 Å². The number of hydrogen-bond donors (Lipinski definition) is 0. The van der Waals surface area contributed by atoms with Crippen LogP contribution < -0.4 is 4.18 Å². The Bertz CT molecular complexity index is 717. The standard InChI is InChI=1S/C12H7BrCl2O3S/c13-9-3-1-2-4-12(9)19(16,17)18-11-6-5-8(14)7-10(11)15/h1-7H. The minimum atomic E-state index is -3.95. The summed E-state index contributed by atoms with van der Waals surface area (Å²) < 4.78 is 29.7. The van der Waals surface area contributed by atoms with Crippen LogP contribution in [-0.4, -0.2) is 8.42 Å². The van der Waals surface area contributed by atoms with Crippen LogP contribution in [0.15, 0.2) is 51.8 Å². The van der Waals surface area contributed by atoms with E-state index in [1.165, 1.54) is 24.3 Å². The highest BCUT2D eigenvalue weighted by Gasteiger charge is 2.20. The average Bonchev–Trinajstić information content (AvgIpc) is 2.33. The quantitative estimate of drug-likeness (QED) is 0.734. The van der Waals surface area contributed by atoms with Crippen LogP contribution in [-0.2, 0) is 10.1 Å². The zero-order chi connectivity index (χ0) is 14.0. The molecule has 0 aliphatic rings. The van der Waals surface area contributed by atoms with Crippen LogP contribution >= 0.6 is 39.1 Å². The molecule has 3 nitrogen and oxygen atoms in total. The summed E-state index contributed by atoms with van der Waals surface area (Å²) in [5.41, 5.74) is 0. The Kier molecular flexibility index (Phi) is 4.40. The first-order valence-electron chi connectivity index (χ1n) is 5.04. The monoisotopic (exact) mass is 380 g/mol. The molecule has 0 unspecified atom stereocenters. The first-order valence-corrected chi connectivity index (χ1v) is 8.00. The molecule has 0 aliphatic carbocycles. The second kappa shape index (κ2) is 5.71. The summed E-state index contributed by atoms with van der Waals surface area (Å²) in [6.07, 6.45) is 0. The molecule has 2 aromatic carbocycles. The molecule has 0 radical (unpaired) electrons. The molecule has 100 valence electrons. The Morgan fingerprint density at radius 3 is 2.37 bits per heavy atom. The molecule has 19 heavy (non-hydrogen) atoms. The van der Waals surface area contributed by atoms with E-state index in [9.17, 15) is 8.42 Å². The van der Waals surface area contributed by atoms with Gasteiger partial charge in [0.2, 0.25) is 0 Å². The molecular weight excluding hydrogens is 375 g/mol. The van der Waals surface area contributed by atoms with Crippen molar-refractivity contribution in [2.24, 2.45) is 0 Å². The summed E-state index contributed by atoms with van der Waals surface area (Å²) in [6.45, 7) is 0. The van der Waals surface area contributed by atoms with E-state index in [2.05, 4.69) is 15.9 Å². The SMILES string of the molecule is O=S(=O)(Oc1ccc(Cl)cc1Cl)c1ccccc1Br. The van der Waals surface area contributed by atoms with Gasteiger partial charge in [0.05, 0.1) is 5.02 Å². The van der Waals surface area contributed by atoms with Gasteiger partial charge in [0.1, 0.15) is 4.90 Å². The second-order valence-electron chi connectivity index (χ2n) is 3.54. The van der Waals surface area contributed by atoms with E-state index in [-0.39, 0.29) is 15.7 Å². The van der Waals surface area contributed by atoms with Crippen LogP contribution in [0, 0.1) is 0 Å². The third-order valence-electron chi connectivity index (χ3n) is 2.20. The van der Waals surface area contributed by atoms with Crippen LogP contribution in [0.5, 0.6) is 5.75 Å². The average molecular weight is 382 g/mol. The number of rotatable bonds is 3. The Labute approximate surface area is 129 Å². The van der Waals surface area contributed by atoms with Crippen molar-refractivity contribution in [1.82, 2.24) is 0 Å². The normalized spacial score (nSPS) is 11.3. The molecule has 0 N–H and O–H groups in total. The molecule has 0 spiro atoms. The fraction of sp³-hybridized carbons (Fsp3) is 0. The molecule has 0 saturated carbocycles. The maximum Gasteiger partial charge on any atom is 0.340 e. The smallest absolute Gasteiger partial charge is 0.340 e. The highest BCUT2D eigenvalue weighted by atomic mass is 79.9. The Morgan fingerprint density at radius 1 is 1.05 bits per heavy atom. The van der Waals surface area contributed by atoms with Crippen molar-refractivity contribution in [2.45, 2.75) is 4.90 Å². The fourth-order valence-corrected chi connectivity index (χ4v) is 3.75. The van der Waals surface area contributed by atoms with Gasteiger partial charge in [-0.15, -0.1) is 0 Å². The molecular formula is C12H7BrCl2O3S. The van der Waals surface area contributed by atoms with E-state index in [1.54, 1.807) is 18.2 Å². The van der Waals surface area contributed by atoms with Crippen molar-refractivity contribution < 1.29 is 12.6 Å². The van der Waals surface area contributed by atoms with Gasteiger partial charge in [0, 0.05) is 9.50 Å². The van der Waals surface area contributed by atoms with E-state index in [4.69, 9.17) is 27.4 Å². The van der Waals surface area contributed by atoms with E-state index in [0.29, 0.717) is 9.50 Å². The van der Waals surface area contributed by atoms with Gasteiger partial charge in [-0.25, -0.2) is 0 Å². The first kappa shape index (κ1) is 14.7. The zero-order valence-electron chi connectivity index (χ0n) is 9.31. The molecule has 0 fully saturated rings. The highest BCUT2D eigenvalue weighted by molar-refractivity contribution is 9.10. The third-order valence-corrected chi connectivity index (χ3v) is 4.98. The predicted octanol–water partition coefficient (Wildman–Crippen LogP) is 4.52. The Balaban J connectivity index is 2.40. The van der Waals surface area contributed by atoms with Gasteiger partial charge in [0.25, 0.3) is 0 Å². The highest BCUT2D eigenvalue weighted by Crippen LogP contribution is 2.31. The summed E-state index contributed by atoms with van der Waals surface area (Å²) >= 11 is 14.8. The van der Waals surface area contributed by atoms with Crippen molar-refractivity contribution in [3.05, 3.63) is 57.0 Å². The summed E-state index contributed by atoms with van der Waals surface area (Å²) in [5, 5.41) is 0.527. The zero-order valence-corrected chi connectivity index (χ0v) is 13.2. The molecule has 0 bridgehead atoms. The summed E-state index contributed by atoms with van der Waals surface area (Å²) in [4.78, 5) is 0.0287. The third kappa shape index (κ3) is 3.42. The van der Waals surface area contributed by atoms with Crippen molar-refractivity contribution >= 4 is 49.2 Å². The van der Waals surface area contributed by atoms with Gasteiger partial charge in [-0.2, -0.15) is 8.42 Å². The van der Waals surface area contributed by atoms with E-state index < -0.39 is 10.1 Å². The van der Waals surface area contributed by atoms with Crippen molar-refractivity contribution in [3.8, 4) is 5.75 Å². The van der Waals surface area contributed by atoms with Gasteiger partial charge in [-0.3, -0.25) is 0 Å². The van der Waals surface area contributed by atoms with Crippen LogP contribution in [0.2, 0.25) is 10.0 Å². The second-order valence-corrected chi connectivity index (χ2v) is 6.76. The van der Waals surface area contributed by atoms with Gasteiger partial charge < -0.3 is 4.18 Å². The van der Waals surface area contributed by atoms with Crippen LogP contribution in [0.25, 0.3) is 0 Å². The summed E-state index contributed by atoms with van der Waals surface area (Å²) in [5.74, 6) is 0.0295. The van der Waals surface area contributed by atoms with Gasteiger partial charge in [0.15, 0.2) is 5.75 Å². The lowest BCUT2D eigenvalue weighted by atomic mass is 10.3. The molecule has 2 aromatic rings. The van der Waals surface area contributed by atoms with E-state index in [0.717, 1.165) is 0 Å². The molecule has 0 atom stereocenters. The van der Waals surface area contributed by atoms with Gasteiger partial charge in [-0.1, -0.05) is 35.3 Å². The number of halogens is 3. The van der Waals surface area contributed by atoms with E-state index >= 15 is 0 Å². The van der Waals surface area contributed by atoms with Crippen LogP contribution in [0.3, 0.4) is 0 Å².